The van der Waals surface area contributed by atoms with Gasteiger partial charge in [-0.15, -0.1) is 0 Å². The summed E-state index contributed by atoms with van der Waals surface area (Å²) in [6.45, 7) is 8.50. The molecule has 0 amide bonds. The summed E-state index contributed by atoms with van der Waals surface area (Å²) in [5.41, 5.74) is 0. The molecule has 0 aliphatic rings. The van der Waals surface area contributed by atoms with E-state index >= 15 is 0 Å². The van der Waals surface area contributed by atoms with E-state index in [0.717, 1.165) is 0 Å². The quantitative estimate of drug-likeness (QED) is 0.442. The summed E-state index contributed by atoms with van der Waals surface area (Å²) in [6.07, 6.45) is 2.50. The lowest BCUT2D eigenvalue weighted by atomic mass is 10.6. The lowest BCUT2D eigenvalue weighted by Crippen LogP contribution is -1.27. The maximum Gasteiger partial charge on any atom is 0 e. The van der Waals surface area contributed by atoms with E-state index < -0.39 is 0 Å². The molecule has 0 spiro atoms. The van der Waals surface area contributed by atoms with E-state index in [1.807, 2.05) is 0 Å². The van der Waals surface area contributed by atoms with Crippen LogP contribution in [-0.2, 0) is 0 Å². The van der Waals surface area contributed by atoms with Gasteiger partial charge in [0.1, 0.15) is 0 Å². The van der Waals surface area contributed by atoms with Gasteiger partial charge in [-0.1, -0.05) is 48.0 Å². The molecule has 0 aliphatic heterocycles. The van der Waals surface area contributed by atoms with Crippen molar-refractivity contribution in [2.75, 3.05) is 0 Å². The van der Waals surface area contributed by atoms with Gasteiger partial charge in [0.2, 0.25) is 0 Å². The third-order valence-corrected chi connectivity index (χ3v) is 0. The Labute approximate surface area is 50.4 Å². The molecule has 0 fully saturated rings. The molecule has 0 aromatic rings. The van der Waals surface area contributed by atoms with Crippen LogP contribution in [0, 0.1) is 0 Å². The minimum Gasteiger partial charge on any atom is -0.0776 e. The Hall–Kier alpha value is 0. The Balaban J connectivity index is -0.0000000160. The summed E-state index contributed by atoms with van der Waals surface area (Å²) in [5.74, 6) is 0. The molecule has 0 saturated heterocycles. The maximum absolute atomic E-state index is 2.12. The first-order valence-electron chi connectivity index (χ1n) is 2.83. The third-order valence-electron chi connectivity index (χ3n) is 0. The molecular formula is C7H22. The van der Waals surface area contributed by atoms with E-state index in [-0.39, 0.29) is 8.85 Å². The summed E-state index contributed by atoms with van der Waals surface area (Å²) in [6, 6.07) is 0. The van der Waals surface area contributed by atoms with E-state index in [2.05, 4.69) is 27.7 Å². The fraction of sp³-hybridized carbons (Fsp3) is 1.00. The summed E-state index contributed by atoms with van der Waals surface area (Å²) in [5, 5.41) is 0. The first-order chi connectivity index (χ1) is 2.83. The van der Waals surface area contributed by atoms with Crippen LogP contribution in [0.3, 0.4) is 0 Å². The minimum atomic E-state index is 0. The SMILES string of the molecule is C.CCC.CCC.[2HH]. The largest absolute Gasteiger partial charge is 0.0776 e. The molecule has 0 heteroatoms. The molecule has 0 heterocycles. The van der Waals surface area contributed by atoms with Crippen LogP contribution in [0.15, 0.2) is 0 Å². The van der Waals surface area contributed by atoms with Gasteiger partial charge in [-0.2, -0.15) is 0 Å². The van der Waals surface area contributed by atoms with Crippen LogP contribution < -0.4 is 0 Å². The Morgan fingerprint density at radius 3 is 0.857 bits per heavy atom. The highest BCUT2D eigenvalue weighted by molar-refractivity contribution is 3.92. The van der Waals surface area contributed by atoms with Gasteiger partial charge < -0.3 is 0 Å². The predicted octanol–water partition coefficient (Wildman–Crippen LogP) is 3.71. The van der Waals surface area contributed by atoms with E-state index in [4.69, 9.17) is 0 Å². The fourth-order valence-electron chi connectivity index (χ4n) is 0. The fourth-order valence-corrected chi connectivity index (χ4v) is 0. The first kappa shape index (κ1) is 15.8. The van der Waals surface area contributed by atoms with Gasteiger partial charge in [0.05, 0.1) is 0 Å². The highest BCUT2D eigenvalue weighted by Gasteiger charge is 1.36. The molecule has 0 bridgehead atoms. The monoisotopic (exact) mass is 107 g/mol. The molecule has 0 N–H and O–H groups in total. The average Bonchev–Trinajstić information content (AvgIpc) is 1.39. The third kappa shape index (κ3) is 0. The highest BCUT2D eigenvalue weighted by atomic mass is 13.4. The first-order valence-corrected chi connectivity index (χ1v) is 2.83. The van der Waals surface area contributed by atoms with E-state index in [1.165, 1.54) is 12.8 Å². The summed E-state index contributed by atoms with van der Waals surface area (Å²) in [4.78, 5) is 0. The molecule has 0 aromatic heterocycles. The van der Waals surface area contributed by atoms with Crippen LogP contribution in [0.2, 0.25) is 0 Å². The molecule has 0 nitrogen and oxygen atoms in total. The van der Waals surface area contributed by atoms with Gasteiger partial charge in [-0.25, -0.2) is 0 Å². The molecule has 7 heavy (non-hydrogen) atoms. The van der Waals surface area contributed by atoms with Crippen molar-refractivity contribution in [2.45, 2.75) is 48.0 Å². The van der Waals surface area contributed by atoms with Crippen LogP contribution in [-0.4, -0.2) is 0 Å². The van der Waals surface area contributed by atoms with Crippen molar-refractivity contribution in [2.24, 2.45) is 0 Å². The summed E-state index contributed by atoms with van der Waals surface area (Å²) >= 11 is 0. The Morgan fingerprint density at radius 1 is 0.857 bits per heavy atom. The molecular weight excluding hydrogens is 84.1 g/mol. The van der Waals surface area contributed by atoms with Gasteiger partial charge in [-0.05, 0) is 0 Å². The number of rotatable bonds is 0. The normalized spacial score (nSPS) is 5.14. The van der Waals surface area contributed by atoms with Crippen molar-refractivity contribution in [3.63, 3.8) is 0 Å². The standard InChI is InChI=1S/2C3H8.CH4.H2/c2*1-3-2;;/h2*3H2,1-2H3;1H4;1H/i;;;1+1. The molecule has 0 radical (unpaired) electrons. The second-order valence-corrected chi connectivity index (χ2v) is 1.41. The molecule has 50 valence electrons. The Bertz CT molecular complexity index is 6.35. The van der Waals surface area contributed by atoms with Crippen LogP contribution in [0.4, 0.5) is 0 Å². The van der Waals surface area contributed by atoms with Crippen molar-refractivity contribution in [1.82, 2.24) is 0 Å². The van der Waals surface area contributed by atoms with Crippen molar-refractivity contribution < 1.29 is 1.43 Å². The topological polar surface area (TPSA) is 0 Å². The average molecular weight is 107 g/mol. The summed E-state index contributed by atoms with van der Waals surface area (Å²) in [7, 11) is 0. The van der Waals surface area contributed by atoms with E-state index in [0.29, 0.717) is 0 Å². The zero-order valence-electron chi connectivity index (χ0n) is 5.41. The van der Waals surface area contributed by atoms with Crippen molar-refractivity contribution in [1.29, 1.82) is 0 Å². The number of hydrogen-bond acceptors (Lipinski definition) is 0. The van der Waals surface area contributed by atoms with Crippen LogP contribution >= 0.6 is 0 Å². The smallest absolute Gasteiger partial charge is 0 e. The van der Waals surface area contributed by atoms with Gasteiger partial charge >= 0.3 is 0 Å². The van der Waals surface area contributed by atoms with Gasteiger partial charge in [0.25, 0.3) is 0 Å². The van der Waals surface area contributed by atoms with Crippen molar-refractivity contribution >= 4 is 0 Å². The molecule has 0 unspecified atom stereocenters. The van der Waals surface area contributed by atoms with Crippen LogP contribution in [0.1, 0.15) is 49.4 Å². The molecule has 0 aliphatic carbocycles. The Morgan fingerprint density at radius 2 is 0.857 bits per heavy atom. The second-order valence-electron chi connectivity index (χ2n) is 1.41. The van der Waals surface area contributed by atoms with Crippen molar-refractivity contribution in [3.8, 4) is 0 Å². The lowest BCUT2D eigenvalue weighted by molar-refractivity contribution is 1.09. The highest BCUT2D eigenvalue weighted by Crippen LogP contribution is 1.56. The maximum atomic E-state index is 2.12. The molecule has 0 saturated carbocycles. The number of hydrogen-bond donors (Lipinski definition) is 0. The minimum absolute atomic E-state index is 0. The zero-order chi connectivity index (χ0) is 5.41. The van der Waals surface area contributed by atoms with Gasteiger partial charge in [0, 0.05) is 1.43 Å². The van der Waals surface area contributed by atoms with E-state index in [9.17, 15) is 0 Å². The van der Waals surface area contributed by atoms with E-state index in [1.54, 1.807) is 0 Å². The van der Waals surface area contributed by atoms with Gasteiger partial charge in [0.15, 0.2) is 0 Å². The Kier molecular flexibility index (Phi) is 84.4. The zero-order valence-corrected chi connectivity index (χ0v) is 5.41. The van der Waals surface area contributed by atoms with Gasteiger partial charge in [-0.3, -0.25) is 0 Å². The molecule has 0 atom stereocenters. The lowest BCUT2D eigenvalue weighted by Gasteiger charge is -1.48. The molecule has 0 rings (SSSR count). The molecule has 0 aromatic carbocycles. The van der Waals surface area contributed by atoms with Crippen LogP contribution in [0.5, 0.6) is 0 Å². The summed E-state index contributed by atoms with van der Waals surface area (Å²) < 4.78 is 0. The predicted molar refractivity (Wildman–Crippen MR) is 40.8 cm³/mol. The second kappa shape index (κ2) is 37.5. The van der Waals surface area contributed by atoms with Crippen LogP contribution in [0.25, 0.3) is 0 Å². The van der Waals surface area contributed by atoms with Crippen molar-refractivity contribution in [3.05, 3.63) is 0 Å².